The Bertz CT molecular complexity index is 156. The molecule has 3 nitrogen and oxygen atoms in total. The molecule has 1 saturated heterocycles. The van der Waals surface area contributed by atoms with Gasteiger partial charge in [0.15, 0.2) is 0 Å². The first-order valence-electron chi connectivity index (χ1n) is 3.17. The topological polar surface area (TPSA) is 40.5 Å². The number of carbonyl (C=O) groups excluding carboxylic acids is 1. The molecule has 1 amide bonds. The molecule has 3 heteroatoms. The summed E-state index contributed by atoms with van der Waals surface area (Å²) < 4.78 is 0. The van der Waals surface area contributed by atoms with E-state index in [4.69, 9.17) is 5.11 Å². The summed E-state index contributed by atoms with van der Waals surface area (Å²) in [5.41, 5.74) is 0. The molecule has 0 bridgehead atoms. The lowest BCUT2D eigenvalue weighted by molar-refractivity contribution is -0.125. The molecule has 0 aromatic heterocycles. The molecule has 1 N–H and O–H groups in total. The van der Waals surface area contributed by atoms with Gasteiger partial charge >= 0.3 is 0 Å². The summed E-state index contributed by atoms with van der Waals surface area (Å²) in [7, 11) is 0. The molecule has 55 valence electrons. The average molecular weight is 140 g/mol. The summed E-state index contributed by atoms with van der Waals surface area (Å²) in [6.07, 6.45) is 2.50. The highest BCUT2D eigenvalue weighted by Crippen LogP contribution is 2.07. The first-order valence-corrected chi connectivity index (χ1v) is 3.17. The number of aliphatic hydroxyl groups excluding tert-OH is 1. The number of β-amino-alcohol motifs (C(OH)–C–C–N with tert-alkyl or cyclic N) is 1. The average Bonchev–Trinajstić information content (AvgIpc) is 2.34. The molecular formula is C7H10NO2. The van der Waals surface area contributed by atoms with Crippen LogP contribution in [0.25, 0.3) is 0 Å². The fourth-order valence-electron chi connectivity index (χ4n) is 0.933. The first kappa shape index (κ1) is 7.28. The van der Waals surface area contributed by atoms with Crippen LogP contribution < -0.4 is 0 Å². The summed E-state index contributed by atoms with van der Waals surface area (Å²) in [4.78, 5) is 12.4. The zero-order valence-electron chi connectivity index (χ0n) is 5.66. The molecule has 1 aliphatic rings. The second kappa shape index (κ2) is 2.84. The van der Waals surface area contributed by atoms with Crippen molar-refractivity contribution < 1.29 is 9.90 Å². The maximum atomic E-state index is 10.8. The highest BCUT2D eigenvalue weighted by molar-refractivity contribution is 5.87. The van der Waals surface area contributed by atoms with E-state index < -0.39 is 6.10 Å². The normalized spacial score (nSPS) is 24.9. The van der Waals surface area contributed by atoms with Crippen molar-refractivity contribution in [2.75, 3.05) is 13.1 Å². The van der Waals surface area contributed by atoms with Crippen molar-refractivity contribution in [3.63, 3.8) is 0 Å². The number of amides is 1. The van der Waals surface area contributed by atoms with E-state index in [2.05, 4.69) is 6.58 Å². The van der Waals surface area contributed by atoms with Crippen LogP contribution in [-0.4, -0.2) is 35.1 Å². The summed E-state index contributed by atoms with van der Waals surface area (Å²) in [5, 5.41) is 8.96. The monoisotopic (exact) mass is 140 g/mol. The predicted molar refractivity (Wildman–Crippen MR) is 37.1 cm³/mol. The zero-order valence-corrected chi connectivity index (χ0v) is 5.66. The lowest BCUT2D eigenvalue weighted by Crippen LogP contribution is -2.27. The van der Waals surface area contributed by atoms with Gasteiger partial charge in [-0.25, -0.2) is 0 Å². The molecular weight excluding hydrogens is 130 g/mol. The van der Waals surface area contributed by atoms with Crippen LogP contribution in [0.15, 0.2) is 12.7 Å². The van der Waals surface area contributed by atoms with Gasteiger partial charge in [-0.2, -0.15) is 0 Å². The van der Waals surface area contributed by atoms with Crippen LogP contribution in [0.2, 0.25) is 0 Å². The molecule has 10 heavy (non-hydrogen) atoms. The number of aliphatic hydroxyl groups is 1. The molecule has 0 saturated carbocycles. The summed E-state index contributed by atoms with van der Waals surface area (Å²) in [6, 6.07) is 0. The van der Waals surface area contributed by atoms with Gasteiger partial charge in [0, 0.05) is 19.5 Å². The smallest absolute Gasteiger partial charge is 0.246 e. The Morgan fingerprint density at radius 3 is 3.00 bits per heavy atom. The Morgan fingerprint density at radius 1 is 1.90 bits per heavy atom. The van der Waals surface area contributed by atoms with Gasteiger partial charge in [0.2, 0.25) is 5.91 Å². The highest BCUT2D eigenvalue weighted by atomic mass is 16.3. The van der Waals surface area contributed by atoms with Gasteiger partial charge in [-0.15, -0.1) is 0 Å². The van der Waals surface area contributed by atoms with E-state index in [1.54, 1.807) is 6.42 Å². The van der Waals surface area contributed by atoms with Crippen LogP contribution in [0, 0.1) is 6.42 Å². The fraction of sp³-hybridized carbons (Fsp3) is 0.429. The Hall–Kier alpha value is -0.830. The SMILES string of the molecule is C=CC(=O)N1C[CH]C(O)C1. The maximum Gasteiger partial charge on any atom is 0.246 e. The minimum absolute atomic E-state index is 0.118. The number of hydrogen-bond acceptors (Lipinski definition) is 2. The van der Waals surface area contributed by atoms with E-state index in [1.807, 2.05) is 0 Å². The van der Waals surface area contributed by atoms with Crippen LogP contribution in [0.3, 0.4) is 0 Å². The predicted octanol–water partition coefficient (Wildman–Crippen LogP) is -0.420. The molecule has 1 radical (unpaired) electrons. The van der Waals surface area contributed by atoms with Crippen molar-refractivity contribution in [2.45, 2.75) is 6.10 Å². The van der Waals surface area contributed by atoms with Crippen LogP contribution >= 0.6 is 0 Å². The third-order valence-corrected chi connectivity index (χ3v) is 1.49. The van der Waals surface area contributed by atoms with Gasteiger partial charge in [-0.05, 0) is 6.08 Å². The van der Waals surface area contributed by atoms with Gasteiger partial charge in [0.05, 0.1) is 6.10 Å². The van der Waals surface area contributed by atoms with Gasteiger partial charge in [0.25, 0.3) is 0 Å². The Morgan fingerprint density at radius 2 is 2.60 bits per heavy atom. The second-order valence-electron chi connectivity index (χ2n) is 2.25. The van der Waals surface area contributed by atoms with E-state index >= 15 is 0 Å². The molecule has 1 aliphatic heterocycles. The lowest BCUT2D eigenvalue weighted by atomic mass is 10.3. The fourth-order valence-corrected chi connectivity index (χ4v) is 0.933. The maximum absolute atomic E-state index is 10.8. The van der Waals surface area contributed by atoms with Crippen molar-refractivity contribution in [1.82, 2.24) is 4.90 Å². The quantitative estimate of drug-likeness (QED) is 0.502. The second-order valence-corrected chi connectivity index (χ2v) is 2.25. The van der Waals surface area contributed by atoms with Crippen molar-refractivity contribution in [2.24, 2.45) is 0 Å². The molecule has 1 unspecified atom stereocenters. The lowest BCUT2D eigenvalue weighted by Gasteiger charge is -2.11. The number of likely N-dealkylation sites (tertiary alicyclic amines) is 1. The highest BCUT2D eigenvalue weighted by Gasteiger charge is 2.22. The van der Waals surface area contributed by atoms with Gasteiger partial charge in [0.1, 0.15) is 0 Å². The number of nitrogens with zero attached hydrogens (tertiary/aromatic N) is 1. The minimum Gasteiger partial charge on any atom is -0.391 e. The largest absolute Gasteiger partial charge is 0.391 e. The third kappa shape index (κ3) is 1.36. The van der Waals surface area contributed by atoms with Gasteiger partial charge < -0.3 is 10.0 Å². The Kier molecular flexibility index (Phi) is 2.06. The molecule has 0 aliphatic carbocycles. The van der Waals surface area contributed by atoms with Crippen molar-refractivity contribution >= 4 is 5.91 Å². The standard InChI is InChI=1S/C7H10NO2/c1-2-7(10)8-4-3-6(9)5-8/h2-3,6,9H,1,4-5H2. The summed E-state index contributed by atoms with van der Waals surface area (Å²) in [6.45, 7) is 4.28. The van der Waals surface area contributed by atoms with Crippen LogP contribution in [0.4, 0.5) is 0 Å². The Labute approximate surface area is 59.9 Å². The van der Waals surface area contributed by atoms with E-state index in [9.17, 15) is 4.79 Å². The van der Waals surface area contributed by atoms with E-state index in [1.165, 1.54) is 11.0 Å². The Balaban J connectivity index is 2.44. The molecule has 1 rings (SSSR count). The molecule has 0 aromatic rings. The van der Waals surface area contributed by atoms with Crippen molar-refractivity contribution in [1.29, 1.82) is 0 Å². The third-order valence-electron chi connectivity index (χ3n) is 1.49. The van der Waals surface area contributed by atoms with Gasteiger partial charge in [-0.1, -0.05) is 6.58 Å². The van der Waals surface area contributed by atoms with Crippen LogP contribution in [0.1, 0.15) is 0 Å². The minimum atomic E-state index is -0.455. The van der Waals surface area contributed by atoms with E-state index in [0.29, 0.717) is 13.1 Å². The zero-order chi connectivity index (χ0) is 7.56. The van der Waals surface area contributed by atoms with E-state index in [0.717, 1.165) is 0 Å². The molecule has 1 heterocycles. The molecule has 0 spiro atoms. The van der Waals surface area contributed by atoms with Crippen molar-refractivity contribution in [3.05, 3.63) is 19.1 Å². The molecule has 1 atom stereocenters. The molecule has 0 aromatic carbocycles. The van der Waals surface area contributed by atoms with Crippen molar-refractivity contribution in [3.8, 4) is 0 Å². The van der Waals surface area contributed by atoms with E-state index in [-0.39, 0.29) is 5.91 Å². The first-order chi connectivity index (χ1) is 4.74. The van der Waals surface area contributed by atoms with Crippen LogP contribution in [0.5, 0.6) is 0 Å². The number of carbonyl (C=O) groups is 1. The number of rotatable bonds is 1. The molecule has 1 fully saturated rings. The summed E-state index contributed by atoms with van der Waals surface area (Å²) in [5.74, 6) is -0.118. The van der Waals surface area contributed by atoms with Gasteiger partial charge in [-0.3, -0.25) is 4.79 Å². The summed E-state index contributed by atoms with van der Waals surface area (Å²) >= 11 is 0. The number of hydrogen-bond donors (Lipinski definition) is 1. The van der Waals surface area contributed by atoms with Crippen LogP contribution in [-0.2, 0) is 4.79 Å².